The Morgan fingerprint density at radius 1 is 1.30 bits per heavy atom. The average Bonchev–Trinajstić information content (AvgIpc) is 2.36. The molecule has 3 N–H and O–H groups in total. The predicted octanol–water partition coefficient (Wildman–Crippen LogP) is 1.58. The first-order valence-corrected chi connectivity index (χ1v) is 8.32. The Morgan fingerprint density at radius 2 is 1.85 bits per heavy atom. The number of halogens is 2. The molecule has 1 saturated heterocycles. The van der Waals surface area contributed by atoms with Crippen LogP contribution in [0.25, 0.3) is 0 Å². The molecule has 1 heterocycles. The van der Waals surface area contributed by atoms with Gasteiger partial charge in [-0.2, -0.15) is 0 Å². The normalized spacial score (nSPS) is 17.1. The molecule has 1 aliphatic heterocycles. The molecular weight excluding hydrogens is 321 g/mol. The Kier molecular flexibility index (Phi) is 5.26. The van der Waals surface area contributed by atoms with E-state index in [0.717, 1.165) is 0 Å². The lowest BCUT2D eigenvalue weighted by atomic mass is 10.2. The fourth-order valence-electron chi connectivity index (χ4n) is 1.93. The fraction of sp³-hybridized carbons (Fsp3) is 0.417. The van der Waals surface area contributed by atoms with E-state index in [1.807, 2.05) is 4.90 Å². The molecular formula is C12H15Cl2N3O2S. The third-order valence-corrected chi connectivity index (χ3v) is 4.84. The zero-order valence-corrected chi connectivity index (χ0v) is 13.0. The second-order valence-corrected chi connectivity index (χ2v) is 7.04. The van der Waals surface area contributed by atoms with Crippen LogP contribution in [0.3, 0.4) is 0 Å². The maximum absolute atomic E-state index is 12.0. The van der Waals surface area contributed by atoms with Gasteiger partial charge in [-0.15, -0.1) is 0 Å². The first-order valence-electron chi connectivity index (χ1n) is 6.07. The maximum atomic E-state index is 12.0. The second-order valence-electron chi connectivity index (χ2n) is 4.53. The Bertz CT molecular complexity index is 520. The monoisotopic (exact) mass is 335 g/mol. The minimum absolute atomic E-state index is 0.203. The summed E-state index contributed by atoms with van der Waals surface area (Å²) in [6.45, 7) is 1.54. The van der Waals surface area contributed by atoms with Crippen LogP contribution in [-0.4, -0.2) is 46.2 Å². The summed E-state index contributed by atoms with van der Waals surface area (Å²) >= 11 is 12.0. The Morgan fingerprint density at radius 3 is 2.40 bits per heavy atom. The van der Waals surface area contributed by atoms with Crippen molar-refractivity contribution in [3.8, 4) is 0 Å². The highest BCUT2D eigenvalue weighted by Gasteiger charge is 2.18. The first-order chi connectivity index (χ1) is 9.45. The lowest BCUT2D eigenvalue weighted by Gasteiger charge is -2.25. The van der Waals surface area contributed by atoms with Crippen LogP contribution in [0.4, 0.5) is 11.4 Å². The van der Waals surface area contributed by atoms with E-state index < -0.39 is 10.8 Å². The van der Waals surface area contributed by atoms with Crippen molar-refractivity contribution in [1.29, 1.82) is 0 Å². The van der Waals surface area contributed by atoms with Gasteiger partial charge in [-0.3, -0.25) is 13.9 Å². The van der Waals surface area contributed by atoms with Gasteiger partial charge in [0.1, 0.15) is 0 Å². The van der Waals surface area contributed by atoms with Crippen molar-refractivity contribution in [3.05, 3.63) is 22.2 Å². The first kappa shape index (κ1) is 15.6. The number of nitrogens with one attached hydrogen (secondary N) is 1. The number of anilines is 2. The standard InChI is InChI=1S/C12H15Cl2N3O2S/c13-9-5-8(15)6-10(14)12(9)16-11(18)7-17-1-3-20(19)4-2-17/h5-6H,1-4,7,15H2,(H,16,18). The predicted molar refractivity (Wildman–Crippen MR) is 83.8 cm³/mol. The summed E-state index contributed by atoms with van der Waals surface area (Å²) in [5.41, 5.74) is 6.41. The van der Waals surface area contributed by atoms with Crippen molar-refractivity contribution >= 4 is 51.3 Å². The van der Waals surface area contributed by atoms with Gasteiger partial charge < -0.3 is 11.1 Å². The number of carbonyl (C=O) groups excluding carboxylic acids is 1. The molecule has 20 heavy (non-hydrogen) atoms. The lowest BCUT2D eigenvalue weighted by Crippen LogP contribution is -2.42. The number of amides is 1. The van der Waals surface area contributed by atoms with E-state index in [2.05, 4.69) is 5.32 Å². The third-order valence-electron chi connectivity index (χ3n) is 2.97. The van der Waals surface area contributed by atoms with E-state index in [0.29, 0.717) is 46.0 Å². The molecule has 0 aliphatic carbocycles. The van der Waals surface area contributed by atoms with E-state index >= 15 is 0 Å². The number of hydrogen-bond acceptors (Lipinski definition) is 4. The van der Waals surface area contributed by atoms with E-state index in [1.54, 1.807) is 0 Å². The van der Waals surface area contributed by atoms with Crippen molar-refractivity contribution in [3.63, 3.8) is 0 Å². The summed E-state index contributed by atoms with van der Waals surface area (Å²) in [6, 6.07) is 3.07. The average molecular weight is 336 g/mol. The van der Waals surface area contributed by atoms with Gasteiger partial charge in [-0.25, -0.2) is 0 Å². The summed E-state index contributed by atoms with van der Waals surface area (Å²) < 4.78 is 11.2. The van der Waals surface area contributed by atoms with Gasteiger partial charge in [0.15, 0.2) is 0 Å². The fourth-order valence-corrected chi connectivity index (χ4v) is 3.65. The van der Waals surface area contributed by atoms with Crippen LogP contribution in [0.1, 0.15) is 0 Å². The number of nitrogen functional groups attached to an aromatic ring is 1. The van der Waals surface area contributed by atoms with Crippen LogP contribution < -0.4 is 11.1 Å². The third kappa shape index (κ3) is 4.09. The summed E-state index contributed by atoms with van der Waals surface area (Å²) in [7, 11) is -0.753. The minimum atomic E-state index is -0.753. The smallest absolute Gasteiger partial charge is 0.238 e. The molecule has 1 aromatic rings. The molecule has 1 fully saturated rings. The van der Waals surface area contributed by atoms with E-state index in [1.165, 1.54) is 12.1 Å². The van der Waals surface area contributed by atoms with Gasteiger partial charge in [0.25, 0.3) is 0 Å². The van der Waals surface area contributed by atoms with Gasteiger partial charge in [-0.1, -0.05) is 23.2 Å². The summed E-state index contributed by atoms with van der Waals surface area (Å²) in [5, 5.41) is 3.31. The Balaban J connectivity index is 1.96. The molecule has 1 aliphatic rings. The molecule has 0 atom stereocenters. The summed E-state index contributed by atoms with van der Waals surface area (Å²) in [6.07, 6.45) is 0. The molecule has 2 rings (SSSR count). The van der Waals surface area contributed by atoms with Crippen LogP contribution >= 0.6 is 23.2 Å². The van der Waals surface area contributed by atoms with Crippen LogP contribution in [-0.2, 0) is 15.6 Å². The molecule has 0 unspecified atom stereocenters. The lowest BCUT2D eigenvalue weighted by molar-refractivity contribution is -0.117. The highest BCUT2D eigenvalue weighted by Crippen LogP contribution is 2.32. The molecule has 8 heteroatoms. The highest BCUT2D eigenvalue weighted by atomic mass is 35.5. The zero-order chi connectivity index (χ0) is 14.7. The Labute approximate surface area is 129 Å². The van der Waals surface area contributed by atoms with Gasteiger partial charge in [-0.05, 0) is 12.1 Å². The Hall–Kier alpha value is -0.820. The molecule has 0 spiro atoms. The van der Waals surface area contributed by atoms with Crippen molar-refractivity contribution in [1.82, 2.24) is 4.90 Å². The molecule has 0 saturated carbocycles. The molecule has 0 aromatic heterocycles. The molecule has 1 aromatic carbocycles. The second kappa shape index (κ2) is 6.76. The quantitative estimate of drug-likeness (QED) is 0.822. The molecule has 0 bridgehead atoms. The molecule has 5 nitrogen and oxygen atoms in total. The number of rotatable bonds is 3. The zero-order valence-electron chi connectivity index (χ0n) is 10.7. The molecule has 110 valence electrons. The largest absolute Gasteiger partial charge is 0.399 e. The number of carbonyl (C=O) groups is 1. The number of nitrogens with zero attached hydrogens (tertiary/aromatic N) is 1. The number of nitrogens with two attached hydrogens (primary N) is 1. The number of benzene rings is 1. The maximum Gasteiger partial charge on any atom is 0.238 e. The summed E-state index contributed by atoms with van der Waals surface area (Å²) in [4.78, 5) is 13.9. The number of hydrogen-bond donors (Lipinski definition) is 2. The highest BCUT2D eigenvalue weighted by molar-refractivity contribution is 7.85. The molecule has 1 amide bonds. The van der Waals surface area contributed by atoms with Gasteiger partial charge in [0, 0.05) is 41.1 Å². The van der Waals surface area contributed by atoms with Gasteiger partial charge in [0.2, 0.25) is 5.91 Å². The van der Waals surface area contributed by atoms with Crippen LogP contribution in [0.2, 0.25) is 10.0 Å². The van der Waals surface area contributed by atoms with Gasteiger partial charge in [0.05, 0.1) is 22.3 Å². The van der Waals surface area contributed by atoms with Crippen molar-refractivity contribution < 1.29 is 9.00 Å². The van der Waals surface area contributed by atoms with E-state index in [9.17, 15) is 9.00 Å². The van der Waals surface area contributed by atoms with Crippen molar-refractivity contribution in [2.45, 2.75) is 0 Å². The molecule has 0 radical (unpaired) electrons. The van der Waals surface area contributed by atoms with Crippen molar-refractivity contribution in [2.24, 2.45) is 0 Å². The van der Waals surface area contributed by atoms with Crippen LogP contribution in [0.15, 0.2) is 12.1 Å². The summed E-state index contributed by atoms with van der Waals surface area (Å²) in [5.74, 6) is 1.01. The van der Waals surface area contributed by atoms with Crippen molar-refractivity contribution in [2.75, 3.05) is 42.2 Å². The van der Waals surface area contributed by atoms with Crippen LogP contribution in [0.5, 0.6) is 0 Å². The topological polar surface area (TPSA) is 75.4 Å². The van der Waals surface area contributed by atoms with Crippen LogP contribution in [0, 0.1) is 0 Å². The van der Waals surface area contributed by atoms with Gasteiger partial charge >= 0.3 is 0 Å². The van der Waals surface area contributed by atoms with E-state index in [-0.39, 0.29) is 12.5 Å². The minimum Gasteiger partial charge on any atom is -0.399 e. The SMILES string of the molecule is Nc1cc(Cl)c(NC(=O)CN2CCS(=O)CC2)c(Cl)c1. The van der Waals surface area contributed by atoms with E-state index in [4.69, 9.17) is 28.9 Å².